The summed E-state index contributed by atoms with van der Waals surface area (Å²) in [5.74, 6) is 0.262. The summed E-state index contributed by atoms with van der Waals surface area (Å²) in [6.45, 7) is 5.81. The van der Waals surface area contributed by atoms with Gasteiger partial charge in [0.25, 0.3) is 10.0 Å². The van der Waals surface area contributed by atoms with Crippen molar-refractivity contribution in [2.75, 3.05) is 6.61 Å². The molecular weight excluding hydrogens is 218 g/mol. The molecule has 0 saturated heterocycles. The lowest BCUT2D eigenvalue weighted by atomic mass is 10.2. The Labute approximate surface area is 89.0 Å². The Morgan fingerprint density at radius 1 is 1.60 bits per heavy atom. The third kappa shape index (κ3) is 3.29. The van der Waals surface area contributed by atoms with Crippen molar-refractivity contribution in [3.05, 3.63) is 11.9 Å². The minimum absolute atomic E-state index is 0.103. The fraction of sp³-hybridized carbons (Fsp3) is 0.625. The second-order valence-electron chi connectivity index (χ2n) is 3.65. The molecule has 0 aromatic carbocycles. The van der Waals surface area contributed by atoms with Crippen molar-refractivity contribution in [2.24, 2.45) is 5.92 Å². The summed E-state index contributed by atoms with van der Waals surface area (Å²) >= 11 is 0. The van der Waals surface area contributed by atoms with Crippen LogP contribution in [0.2, 0.25) is 0 Å². The second-order valence-corrected chi connectivity index (χ2v) is 5.26. The maximum atomic E-state index is 11.6. The Balaban J connectivity index is 2.65. The summed E-state index contributed by atoms with van der Waals surface area (Å²) in [6, 6.07) is 0. The van der Waals surface area contributed by atoms with E-state index in [1.165, 1.54) is 6.20 Å². The van der Waals surface area contributed by atoms with Crippen LogP contribution >= 0.6 is 0 Å². The van der Waals surface area contributed by atoms with Crippen LogP contribution in [0, 0.1) is 12.8 Å². The number of hydrogen-bond donors (Lipinski definition) is 2. The molecule has 2 N–H and O–H groups in total. The van der Waals surface area contributed by atoms with Gasteiger partial charge in [0, 0.05) is 0 Å². The number of nitrogens with zero attached hydrogens (tertiary/aromatic N) is 1. The van der Waals surface area contributed by atoms with Gasteiger partial charge in [-0.2, -0.15) is 5.10 Å². The normalized spacial score (nSPS) is 12.3. The van der Waals surface area contributed by atoms with Gasteiger partial charge >= 0.3 is 0 Å². The van der Waals surface area contributed by atoms with E-state index in [0.29, 0.717) is 12.3 Å². The Morgan fingerprint density at radius 3 is 2.73 bits per heavy atom. The lowest BCUT2D eigenvalue weighted by molar-refractivity contribution is 0.0718. The van der Waals surface area contributed by atoms with Crippen LogP contribution in [0.5, 0.6) is 0 Å². The standard InChI is InChI=1S/C8H15N3O3S/c1-6(2)5-14-11-15(12,13)8-4-9-10-7(8)3/h4,6,11H,5H2,1-3H3,(H,9,10). The molecule has 1 aromatic heterocycles. The number of sulfonamides is 1. The van der Waals surface area contributed by atoms with Gasteiger partial charge in [0.05, 0.1) is 18.5 Å². The first-order valence-electron chi connectivity index (χ1n) is 4.57. The van der Waals surface area contributed by atoms with Gasteiger partial charge in [0.2, 0.25) is 0 Å². The third-order valence-electron chi connectivity index (χ3n) is 1.66. The summed E-state index contributed by atoms with van der Waals surface area (Å²) in [5.41, 5.74) is 0.482. The van der Waals surface area contributed by atoms with Crippen LogP contribution in [0.4, 0.5) is 0 Å². The van der Waals surface area contributed by atoms with Crippen molar-refractivity contribution >= 4 is 10.0 Å². The number of H-pyrrole nitrogens is 1. The monoisotopic (exact) mass is 233 g/mol. The molecule has 86 valence electrons. The molecule has 0 aliphatic carbocycles. The molecule has 1 aromatic rings. The van der Waals surface area contributed by atoms with E-state index in [0.717, 1.165) is 0 Å². The van der Waals surface area contributed by atoms with Gasteiger partial charge < -0.3 is 0 Å². The fourth-order valence-corrected chi connectivity index (χ4v) is 1.89. The van der Waals surface area contributed by atoms with Gasteiger partial charge in [-0.25, -0.2) is 8.42 Å². The highest BCUT2D eigenvalue weighted by Gasteiger charge is 2.18. The summed E-state index contributed by atoms with van der Waals surface area (Å²) < 4.78 is 23.2. The van der Waals surface area contributed by atoms with Crippen molar-refractivity contribution < 1.29 is 13.3 Å². The largest absolute Gasteiger partial charge is 0.287 e. The van der Waals surface area contributed by atoms with E-state index in [4.69, 9.17) is 4.84 Å². The van der Waals surface area contributed by atoms with E-state index in [9.17, 15) is 8.42 Å². The first kappa shape index (κ1) is 12.2. The highest BCUT2D eigenvalue weighted by atomic mass is 32.2. The summed E-state index contributed by atoms with van der Waals surface area (Å²) in [7, 11) is -3.61. The highest BCUT2D eigenvalue weighted by molar-refractivity contribution is 7.89. The molecule has 0 bridgehead atoms. The van der Waals surface area contributed by atoms with Crippen LogP contribution in [0.25, 0.3) is 0 Å². The molecule has 1 heterocycles. The fourth-order valence-electron chi connectivity index (χ4n) is 0.934. The lowest BCUT2D eigenvalue weighted by Crippen LogP contribution is -2.26. The molecule has 7 heteroatoms. The molecular formula is C8H15N3O3S. The van der Waals surface area contributed by atoms with Crippen LogP contribution in [-0.4, -0.2) is 25.2 Å². The van der Waals surface area contributed by atoms with E-state index in [-0.39, 0.29) is 10.8 Å². The summed E-state index contributed by atoms with van der Waals surface area (Å²) in [4.78, 5) is 7.01. The Hall–Kier alpha value is -0.920. The Bertz CT molecular complexity index is 411. The SMILES string of the molecule is Cc1[nH]ncc1S(=O)(=O)NOCC(C)C. The van der Waals surface area contributed by atoms with E-state index in [1.807, 2.05) is 18.7 Å². The topological polar surface area (TPSA) is 84.1 Å². The molecule has 0 fully saturated rings. The first-order valence-corrected chi connectivity index (χ1v) is 6.05. The average Bonchev–Trinajstić information content (AvgIpc) is 2.50. The zero-order chi connectivity index (χ0) is 11.5. The van der Waals surface area contributed by atoms with Crippen LogP contribution in [0.15, 0.2) is 11.1 Å². The zero-order valence-corrected chi connectivity index (χ0v) is 9.76. The molecule has 1 rings (SSSR count). The van der Waals surface area contributed by atoms with Gasteiger partial charge in [-0.05, 0) is 12.8 Å². The highest BCUT2D eigenvalue weighted by Crippen LogP contribution is 2.10. The number of nitrogens with one attached hydrogen (secondary N) is 2. The lowest BCUT2D eigenvalue weighted by Gasteiger charge is -2.07. The van der Waals surface area contributed by atoms with Gasteiger partial charge in [-0.1, -0.05) is 18.7 Å². The molecule has 0 amide bonds. The molecule has 0 spiro atoms. The molecule has 0 saturated carbocycles. The van der Waals surface area contributed by atoms with Gasteiger partial charge in [0.15, 0.2) is 0 Å². The van der Waals surface area contributed by atoms with Crippen LogP contribution < -0.4 is 4.89 Å². The van der Waals surface area contributed by atoms with Crippen molar-refractivity contribution in [2.45, 2.75) is 25.7 Å². The van der Waals surface area contributed by atoms with E-state index in [1.54, 1.807) is 6.92 Å². The van der Waals surface area contributed by atoms with E-state index < -0.39 is 10.0 Å². The Morgan fingerprint density at radius 2 is 2.27 bits per heavy atom. The zero-order valence-electron chi connectivity index (χ0n) is 8.94. The van der Waals surface area contributed by atoms with Gasteiger partial charge in [0.1, 0.15) is 4.90 Å². The van der Waals surface area contributed by atoms with Crippen LogP contribution in [0.3, 0.4) is 0 Å². The third-order valence-corrected chi connectivity index (χ3v) is 2.99. The molecule has 15 heavy (non-hydrogen) atoms. The Kier molecular flexibility index (Phi) is 3.83. The number of aromatic nitrogens is 2. The van der Waals surface area contributed by atoms with E-state index in [2.05, 4.69) is 10.2 Å². The molecule has 0 unspecified atom stereocenters. The van der Waals surface area contributed by atoms with Crippen LogP contribution in [0.1, 0.15) is 19.5 Å². The second kappa shape index (κ2) is 4.73. The number of hydrogen-bond acceptors (Lipinski definition) is 4. The first-order chi connectivity index (χ1) is 6.93. The van der Waals surface area contributed by atoms with Crippen molar-refractivity contribution in [3.63, 3.8) is 0 Å². The van der Waals surface area contributed by atoms with Crippen molar-refractivity contribution in [1.82, 2.24) is 15.1 Å². The number of aryl methyl sites for hydroxylation is 1. The van der Waals surface area contributed by atoms with Crippen molar-refractivity contribution in [1.29, 1.82) is 0 Å². The predicted octanol–water partition coefficient (Wildman–Crippen LogP) is 0.584. The molecule has 0 aliphatic heterocycles. The summed E-state index contributed by atoms with van der Waals surface area (Å²) in [6.07, 6.45) is 1.25. The maximum absolute atomic E-state index is 11.6. The maximum Gasteiger partial charge on any atom is 0.265 e. The smallest absolute Gasteiger partial charge is 0.265 e. The number of rotatable bonds is 5. The quantitative estimate of drug-likeness (QED) is 0.729. The summed E-state index contributed by atoms with van der Waals surface area (Å²) in [5, 5.41) is 6.18. The molecule has 0 atom stereocenters. The van der Waals surface area contributed by atoms with Gasteiger partial charge in [-0.15, -0.1) is 0 Å². The molecule has 0 aliphatic rings. The molecule has 6 nitrogen and oxygen atoms in total. The van der Waals surface area contributed by atoms with Crippen molar-refractivity contribution in [3.8, 4) is 0 Å². The van der Waals surface area contributed by atoms with Gasteiger partial charge in [-0.3, -0.25) is 9.94 Å². The predicted molar refractivity (Wildman–Crippen MR) is 54.4 cm³/mol. The number of aromatic amines is 1. The van der Waals surface area contributed by atoms with E-state index >= 15 is 0 Å². The molecule has 0 radical (unpaired) electrons. The minimum Gasteiger partial charge on any atom is -0.287 e. The van der Waals surface area contributed by atoms with Crippen LogP contribution in [-0.2, 0) is 14.9 Å². The average molecular weight is 233 g/mol. The minimum atomic E-state index is -3.61.